The summed E-state index contributed by atoms with van der Waals surface area (Å²) in [6, 6.07) is 7.25. The van der Waals surface area contributed by atoms with Gasteiger partial charge in [0.15, 0.2) is 5.76 Å². The van der Waals surface area contributed by atoms with Gasteiger partial charge in [0.25, 0.3) is 10.2 Å². The molecule has 3 heterocycles. The quantitative estimate of drug-likeness (QED) is 0.825. The third kappa shape index (κ3) is 3.66. The van der Waals surface area contributed by atoms with Crippen LogP contribution in [0.3, 0.4) is 0 Å². The second-order valence-corrected chi connectivity index (χ2v) is 8.27. The van der Waals surface area contributed by atoms with Gasteiger partial charge in [0, 0.05) is 32.4 Å². The van der Waals surface area contributed by atoms with Crippen LogP contribution in [-0.4, -0.2) is 47.3 Å². The van der Waals surface area contributed by atoms with Gasteiger partial charge in [-0.2, -0.15) is 17.0 Å². The Morgan fingerprint density at radius 2 is 2.04 bits per heavy atom. The fourth-order valence-electron chi connectivity index (χ4n) is 2.74. The molecule has 0 unspecified atom stereocenters. The highest BCUT2D eigenvalue weighted by Gasteiger charge is 2.30. The summed E-state index contributed by atoms with van der Waals surface area (Å²) in [7, 11) is -1.91. The van der Waals surface area contributed by atoms with Crippen molar-refractivity contribution >= 4 is 10.2 Å². The van der Waals surface area contributed by atoms with E-state index in [2.05, 4.69) is 17.1 Å². The first-order chi connectivity index (χ1) is 11.5. The minimum absolute atomic E-state index is 0.147. The molecule has 0 bridgehead atoms. The summed E-state index contributed by atoms with van der Waals surface area (Å²) in [6.45, 7) is 3.45. The number of pyridine rings is 1. The number of hydrogen-bond donors (Lipinski definition) is 0. The summed E-state index contributed by atoms with van der Waals surface area (Å²) in [5.41, 5.74) is 1.30. The highest BCUT2D eigenvalue weighted by Crippen LogP contribution is 2.22. The fraction of sp³-hybridized carbons (Fsp3) is 0.500. The standard InChI is InChI=1S/C16H22N4O3S/c1-13-6-9-20(10-7-13)24(21,22)19(2)12-14-11-16(18-23-14)15-5-3-4-8-17-15/h3-5,8,11,13H,6-7,9-10,12H2,1-2H3. The molecule has 0 spiro atoms. The predicted molar refractivity (Wildman–Crippen MR) is 90.1 cm³/mol. The monoisotopic (exact) mass is 350 g/mol. The van der Waals surface area contributed by atoms with Crippen LogP contribution in [0.4, 0.5) is 0 Å². The molecule has 1 aliphatic rings. The SMILES string of the molecule is CC1CCN(S(=O)(=O)N(C)Cc2cc(-c3ccccn3)no2)CC1. The van der Waals surface area contributed by atoms with E-state index in [1.54, 1.807) is 23.6 Å². The van der Waals surface area contributed by atoms with E-state index in [0.717, 1.165) is 12.8 Å². The summed E-state index contributed by atoms with van der Waals surface area (Å²) in [6.07, 6.45) is 3.48. The Morgan fingerprint density at radius 3 is 2.71 bits per heavy atom. The average molecular weight is 350 g/mol. The molecule has 0 aromatic carbocycles. The first-order valence-corrected chi connectivity index (χ1v) is 9.45. The van der Waals surface area contributed by atoms with E-state index in [0.29, 0.717) is 36.2 Å². The van der Waals surface area contributed by atoms with Crippen molar-refractivity contribution < 1.29 is 12.9 Å². The van der Waals surface area contributed by atoms with Gasteiger partial charge in [0.05, 0.1) is 12.2 Å². The molecule has 2 aromatic rings. The van der Waals surface area contributed by atoms with Gasteiger partial charge in [0.1, 0.15) is 5.69 Å². The number of nitrogens with zero attached hydrogens (tertiary/aromatic N) is 4. The van der Waals surface area contributed by atoms with Crippen molar-refractivity contribution in [2.75, 3.05) is 20.1 Å². The highest BCUT2D eigenvalue weighted by molar-refractivity contribution is 7.86. The molecule has 1 fully saturated rings. The summed E-state index contributed by atoms with van der Waals surface area (Å²) < 4.78 is 33.4. The zero-order valence-electron chi connectivity index (χ0n) is 13.9. The van der Waals surface area contributed by atoms with E-state index in [1.165, 1.54) is 4.31 Å². The van der Waals surface area contributed by atoms with Crippen molar-refractivity contribution in [3.05, 3.63) is 36.2 Å². The number of hydrogen-bond acceptors (Lipinski definition) is 5. The maximum absolute atomic E-state index is 12.7. The predicted octanol–water partition coefficient (Wildman–Crippen LogP) is 2.15. The topological polar surface area (TPSA) is 79.5 Å². The van der Waals surface area contributed by atoms with Crippen molar-refractivity contribution in [3.8, 4) is 11.4 Å². The lowest BCUT2D eigenvalue weighted by atomic mass is 10.0. The Bertz CT molecular complexity index is 768. The van der Waals surface area contributed by atoms with Gasteiger partial charge in [-0.25, -0.2) is 0 Å². The van der Waals surface area contributed by atoms with E-state index < -0.39 is 10.2 Å². The summed E-state index contributed by atoms with van der Waals surface area (Å²) >= 11 is 0. The van der Waals surface area contributed by atoms with Gasteiger partial charge in [-0.05, 0) is 30.9 Å². The van der Waals surface area contributed by atoms with Crippen LogP contribution in [0.25, 0.3) is 11.4 Å². The first-order valence-electron chi connectivity index (χ1n) is 8.05. The van der Waals surface area contributed by atoms with E-state index in [1.807, 2.05) is 18.2 Å². The van der Waals surface area contributed by atoms with E-state index in [4.69, 9.17) is 4.52 Å². The van der Waals surface area contributed by atoms with Crippen molar-refractivity contribution in [2.24, 2.45) is 5.92 Å². The summed E-state index contributed by atoms with van der Waals surface area (Å²) in [5, 5.41) is 3.97. The van der Waals surface area contributed by atoms with Crippen molar-refractivity contribution in [1.82, 2.24) is 18.8 Å². The van der Waals surface area contributed by atoms with Crippen LogP contribution in [0.1, 0.15) is 25.5 Å². The molecule has 0 N–H and O–H groups in total. The smallest absolute Gasteiger partial charge is 0.282 e. The maximum Gasteiger partial charge on any atom is 0.282 e. The number of aromatic nitrogens is 2. The van der Waals surface area contributed by atoms with Crippen molar-refractivity contribution in [3.63, 3.8) is 0 Å². The third-order valence-corrected chi connectivity index (χ3v) is 6.26. The third-order valence-electron chi connectivity index (χ3n) is 4.33. The fourth-order valence-corrected chi connectivity index (χ4v) is 4.09. The van der Waals surface area contributed by atoms with Gasteiger partial charge in [-0.15, -0.1) is 0 Å². The van der Waals surface area contributed by atoms with Crippen LogP contribution >= 0.6 is 0 Å². The van der Waals surface area contributed by atoms with E-state index >= 15 is 0 Å². The normalized spacial score (nSPS) is 17.5. The lowest BCUT2D eigenvalue weighted by Crippen LogP contribution is -2.45. The van der Waals surface area contributed by atoms with Crippen LogP contribution in [0, 0.1) is 5.92 Å². The molecule has 3 rings (SSSR count). The molecule has 1 aliphatic heterocycles. The first kappa shape index (κ1) is 17.1. The Balaban J connectivity index is 1.68. The van der Waals surface area contributed by atoms with Crippen LogP contribution in [-0.2, 0) is 16.8 Å². The zero-order chi connectivity index (χ0) is 17.2. The molecule has 1 saturated heterocycles. The molecule has 7 nitrogen and oxygen atoms in total. The minimum atomic E-state index is -3.48. The van der Waals surface area contributed by atoms with Gasteiger partial charge in [0.2, 0.25) is 0 Å². The largest absolute Gasteiger partial charge is 0.359 e. The second-order valence-electron chi connectivity index (χ2n) is 6.24. The van der Waals surface area contributed by atoms with Crippen molar-refractivity contribution in [2.45, 2.75) is 26.3 Å². The molecule has 0 saturated carbocycles. The number of piperidine rings is 1. The van der Waals surface area contributed by atoms with Crippen LogP contribution in [0.2, 0.25) is 0 Å². The molecular weight excluding hydrogens is 328 g/mol. The second kappa shape index (κ2) is 7.00. The summed E-state index contributed by atoms with van der Waals surface area (Å²) in [5.74, 6) is 1.07. The summed E-state index contributed by atoms with van der Waals surface area (Å²) in [4.78, 5) is 4.21. The van der Waals surface area contributed by atoms with Crippen LogP contribution in [0.15, 0.2) is 35.0 Å². The molecule has 8 heteroatoms. The van der Waals surface area contributed by atoms with Crippen molar-refractivity contribution in [1.29, 1.82) is 0 Å². The Kier molecular flexibility index (Phi) is 4.98. The molecular formula is C16H22N4O3S. The zero-order valence-corrected chi connectivity index (χ0v) is 14.7. The lowest BCUT2D eigenvalue weighted by Gasteiger charge is -2.32. The lowest BCUT2D eigenvalue weighted by molar-refractivity contribution is 0.263. The van der Waals surface area contributed by atoms with Gasteiger partial charge in [-0.1, -0.05) is 18.1 Å². The molecule has 0 radical (unpaired) electrons. The molecule has 24 heavy (non-hydrogen) atoms. The highest BCUT2D eigenvalue weighted by atomic mass is 32.2. The van der Waals surface area contributed by atoms with Crippen LogP contribution in [0.5, 0.6) is 0 Å². The molecule has 0 aliphatic carbocycles. The Labute approximate surface area is 142 Å². The van der Waals surface area contributed by atoms with Crippen LogP contribution < -0.4 is 0 Å². The molecule has 0 amide bonds. The molecule has 0 atom stereocenters. The Morgan fingerprint density at radius 1 is 1.29 bits per heavy atom. The number of rotatable bonds is 5. The average Bonchev–Trinajstić information content (AvgIpc) is 3.04. The van der Waals surface area contributed by atoms with Gasteiger partial charge < -0.3 is 4.52 Å². The van der Waals surface area contributed by atoms with E-state index in [-0.39, 0.29) is 6.54 Å². The maximum atomic E-state index is 12.7. The minimum Gasteiger partial charge on any atom is -0.359 e. The van der Waals surface area contributed by atoms with Gasteiger partial charge >= 0.3 is 0 Å². The Hall–Kier alpha value is -1.77. The van der Waals surface area contributed by atoms with E-state index in [9.17, 15) is 8.42 Å². The molecule has 130 valence electrons. The van der Waals surface area contributed by atoms with Gasteiger partial charge in [-0.3, -0.25) is 4.98 Å². The molecule has 2 aromatic heterocycles.